The molecule has 1 aromatic carbocycles. The van der Waals surface area contributed by atoms with Crippen molar-refractivity contribution in [3.8, 4) is 0 Å². The van der Waals surface area contributed by atoms with Gasteiger partial charge in [0.1, 0.15) is 18.1 Å². The number of nitrogens with one attached hydrogen (secondary N) is 4. The lowest BCUT2D eigenvalue weighted by atomic mass is 9.47. The van der Waals surface area contributed by atoms with Crippen LogP contribution in [0.2, 0.25) is 0 Å². The molecule has 5 rings (SSSR count). The van der Waals surface area contributed by atoms with Crippen molar-refractivity contribution in [2.45, 2.75) is 90.6 Å². The zero-order chi connectivity index (χ0) is 30.6. The molecule has 4 N–H and O–H groups in total. The molecule has 1 aromatic rings. The van der Waals surface area contributed by atoms with Crippen LogP contribution in [0.4, 0.5) is 4.79 Å². The van der Waals surface area contributed by atoms with Crippen LogP contribution in [0.3, 0.4) is 0 Å². The summed E-state index contributed by atoms with van der Waals surface area (Å²) in [6.45, 7) is 9.94. The molecule has 12 heteroatoms. The number of carbonyl (C=O) groups is 4. The Morgan fingerprint density at radius 2 is 1.67 bits per heavy atom. The van der Waals surface area contributed by atoms with Crippen molar-refractivity contribution in [2.75, 3.05) is 13.6 Å². The molecule has 11 nitrogen and oxygen atoms in total. The fourth-order valence-electron chi connectivity index (χ4n) is 6.48. The Morgan fingerprint density at radius 1 is 0.976 bits per heavy atom. The van der Waals surface area contributed by atoms with E-state index in [9.17, 15) is 19.2 Å². The van der Waals surface area contributed by atoms with Crippen LogP contribution in [0.15, 0.2) is 30.3 Å². The minimum atomic E-state index is -0.984. The third-order valence-electron chi connectivity index (χ3n) is 9.27. The van der Waals surface area contributed by atoms with Gasteiger partial charge in [0.05, 0.1) is 25.8 Å². The van der Waals surface area contributed by atoms with E-state index in [1.807, 2.05) is 30.3 Å². The van der Waals surface area contributed by atoms with E-state index in [0.717, 1.165) is 18.4 Å². The summed E-state index contributed by atoms with van der Waals surface area (Å²) in [4.78, 5) is 51.6. The maximum absolute atomic E-state index is 13.5. The van der Waals surface area contributed by atoms with E-state index in [4.69, 9.17) is 9.31 Å². The van der Waals surface area contributed by atoms with Crippen LogP contribution >= 0.6 is 0 Å². The number of methoxy groups -OCH3 is 1. The fraction of sp³-hybridized carbons (Fsp3) is 0.667. The van der Waals surface area contributed by atoms with Gasteiger partial charge in [-0.25, -0.2) is 4.79 Å². The first kappa shape index (κ1) is 31.8. The molecule has 1 saturated heterocycles. The van der Waals surface area contributed by atoms with Gasteiger partial charge in [-0.1, -0.05) is 65.0 Å². The maximum Gasteiger partial charge on any atom is 0.478 e. The largest absolute Gasteiger partial charge is 0.478 e. The van der Waals surface area contributed by atoms with Gasteiger partial charge in [-0.15, -0.1) is 0 Å². The first-order valence-corrected chi connectivity index (χ1v) is 15.0. The van der Waals surface area contributed by atoms with Gasteiger partial charge < -0.3 is 35.3 Å². The van der Waals surface area contributed by atoms with Crippen molar-refractivity contribution in [1.29, 1.82) is 0 Å². The summed E-state index contributed by atoms with van der Waals surface area (Å²) in [6, 6.07) is 6.54. The minimum absolute atomic E-state index is 0.0549. The Bertz CT molecular complexity index is 1130. The molecule has 4 fully saturated rings. The van der Waals surface area contributed by atoms with Gasteiger partial charge in [0.15, 0.2) is 0 Å². The Balaban J connectivity index is 1.36. The summed E-state index contributed by atoms with van der Waals surface area (Å²) in [5.41, 5.74) is 1.09. The molecule has 230 valence electrons. The van der Waals surface area contributed by atoms with E-state index in [1.54, 1.807) is 20.8 Å². The van der Waals surface area contributed by atoms with Gasteiger partial charge in [0.2, 0.25) is 17.7 Å². The smallest absolute Gasteiger partial charge is 0.453 e. The first-order valence-electron chi connectivity index (χ1n) is 15.0. The van der Waals surface area contributed by atoms with Crippen LogP contribution in [0.5, 0.6) is 0 Å². The lowest BCUT2D eigenvalue weighted by Crippen LogP contribution is -2.59. The summed E-state index contributed by atoms with van der Waals surface area (Å²) in [5.74, 6) is -0.524. The molecular weight excluding hydrogens is 539 g/mol. The third-order valence-corrected chi connectivity index (χ3v) is 9.27. The van der Waals surface area contributed by atoms with E-state index < -0.39 is 43.2 Å². The number of amides is 4. The average Bonchev–Trinajstić information content (AvgIpc) is 3.40. The van der Waals surface area contributed by atoms with Crippen LogP contribution in [-0.2, 0) is 34.9 Å². The monoisotopic (exact) mass is 584 g/mol. The predicted molar refractivity (Wildman–Crippen MR) is 157 cm³/mol. The third kappa shape index (κ3) is 7.08. The van der Waals surface area contributed by atoms with Crippen molar-refractivity contribution in [3.05, 3.63) is 35.9 Å². The quantitative estimate of drug-likeness (QED) is 0.275. The second-order valence-electron chi connectivity index (χ2n) is 12.6. The Kier molecular flexibility index (Phi) is 10.2. The maximum atomic E-state index is 13.5. The van der Waals surface area contributed by atoms with Crippen molar-refractivity contribution in [1.82, 2.24) is 21.3 Å². The number of hydrogen-bond donors (Lipinski definition) is 4. The highest BCUT2D eigenvalue weighted by atomic mass is 16.7. The summed E-state index contributed by atoms with van der Waals surface area (Å²) >= 11 is 0. The highest BCUT2D eigenvalue weighted by Gasteiger charge is 2.61. The summed E-state index contributed by atoms with van der Waals surface area (Å²) in [5, 5.41) is 11.0. The molecule has 4 aliphatic rings. The number of ether oxygens (including phenoxy) is 1. The van der Waals surface area contributed by atoms with E-state index in [-0.39, 0.29) is 42.3 Å². The number of carbonyl (C=O) groups excluding carboxylic acids is 4. The van der Waals surface area contributed by atoms with Gasteiger partial charge >= 0.3 is 13.2 Å². The van der Waals surface area contributed by atoms with Crippen LogP contribution in [0.1, 0.15) is 59.4 Å². The number of benzene rings is 1. The van der Waals surface area contributed by atoms with E-state index in [1.165, 1.54) is 7.11 Å². The van der Waals surface area contributed by atoms with Gasteiger partial charge in [0, 0.05) is 6.42 Å². The molecule has 0 radical (unpaired) electrons. The minimum Gasteiger partial charge on any atom is -0.453 e. The lowest BCUT2D eigenvalue weighted by Gasteiger charge is -2.60. The summed E-state index contributed by atoms with van der Waals surface area (Å²) < 4.78 is 17.0. The fourth-order valence-corrected chi connectivity index (χ4v) is 6.48. The zero-order valence-electron chi connectivity index (χ0n) is 25.5. The first-order chi connectivity index (χ1) is 19.9. The van der Waals surface area contributed by atoms with Crippen LogP contribution in [0, 0.1) is 23.2 Å². The summed E-state index contributed by atoms with van der Waals surface area (Å²) in [6.07, 6.45) is 2.25. The van der Waals surface area contributed by atoms with Crippen LogP contribution in [0.25, 0.3) is 0 Å². The van der Waals surface area contributed by atoms with Gasteiger partial charge in [-0.3, -0.25) is 14.4 Å². The van der Waals surface area contributed by atoms with Gasteiger partial charge in [-0.2, -0.15) is 0 Å². The molecule has 0 spiro atoms. The molecule has 0 aromatic heterocycles. The summed E-state index contributed by atoms with van der Waals surface area (Å²) in [7, 11) is 0.695. The predicted octanol–water partition coefficient (Wildman–Crippen LogP) is 1.98. The van der Waals surface area contributed by atoms with Crippen molar-refractivity contribution in [2.24, 2.45) is 23.2 Å². The van der Waals surface area contributed by atoms with Crippen molar-refractivity contribution in [3.63, 3.8) is 0 Å². The molecule has 4 amide bonds. The van der Waals surface area contributed by atoms with Crippen LogP contribution in [-0.4, -0.2) is 74.8 Å². The van der Waals surface area contributed by atoms with E-state index in [2.05, 4.69) is 39.9 Å². The van der Waals surface area contributed by atoms with E-state index >= 15 is 0 Å². The molecule has 1 unspecified atom stereocenters. The highest BCUT2D eigenvalue weighted by Crippen LogP contribution is 2.61. The van der Waals surface area contributed by atoms with Gasteiger partial charge in [-0.05, 0) is 48.0 Å². The average molecular weight is 585 g/mol. The molecule has 1 aliphatic heterocycles. The molecule has 3 aliphatic carbocycles. The van der Waals surface area contributed by atoms with Crippen LogP contribution < -0.4 is 21.3 Å². The standard InChI is InChI=1S/C30H45BN4O7/c1-7-21(26(36)32-16-31-41-23-15-19-14-20(25(23)42-31)30(19,4)5)33-27(37)22(13-18-11-9-8-10-12-18)34-28(38)24(17(2)3)35-29(39)40-6/h8-12,17,19-25H,7,13-16H2,1-6H3,(H,32,36)(H,33,37)(H,34,38)(H,35,39)/t19?,20-,21+,22+,23-,24+,25+/m1/s1. The van der Waals surface area contributed by atoms with E-state index in [0.29, 0.717) is 18.3 Å². The Hall–Kier alpha value is -3.12. The number of alkyl carbamates (subject to hydrolysis) is 1. The zero-order valence-corrected chi connectivity index (χ0v) is 25.5. The number of rotatable bonds is 12. The molecule has 42 heavy (non-hydrogen) atoms. The highest BCUT2D eigenvalue weighted by molar-refractivity contribution is 6.45. The number of hydrogen-bond acceptors (Lipinski definition) is 7. The Labute approximate surface area is 248 Å². The second-order valence-corrected chi connectivity index (χ2v) is 12.6. The lowest BCUT2D eigenvalue weighted by molar-refractivity contribution is -0.150. The molecule has 2 bridgehead atoms. The van der Waals surface area contributed by atoms with Gasteiger partial charge in [0.25, 0.3) is 0 Å². The topological polar surface area (TPSA) is 144 Å². The molecular formula is C30H45BN4O7. The van der Waals surface area contributed by atoms with Crippen molar-refractivity contribution >= 4 is 30.9 Å². The molecule has 1 heterocycles. The van der Waals surface area contributed by atoms with Crippen molar-refractivity contribution < 1.29 is 33.2 Å². The Morgan fingerprint density at radius 3 is 2.29 bits per heavy atom. The molecule has 3 saturated carbocycles. The molecule has 7 atom stereocenters. The second kappa shape index (κ2) is 13.5. The SMILES string of the molecule is CC[C@H](NC(=O)[C@H](Cc1ccccc1)NC(=O)[C@@H](NC(=O)OC)C(C)C)C(=O)NCB1O[C@H]2[C@H]3CC(C[C@H]2O1)C3(C)C. The normalized spacial score (nSPS) is 25.7.